The van der Waals surface area contributed by atoms with Crippen molar-refractivity contribution in [3.8, 4) is 0 Å². The Kier molecular flexibility index (Phi) is 6.85. The third-order valence-electron chi connectivity index (χ3n) is 4.71. The summed E-state index contributed by atoms with van der Waals surface area (Å²) >= 11 is 0. The zero-order chi connectivity index (χ0) is 17.2. The van der Waals surface area contributed by atoms with E-state index in [0.29, 0.717) is 31.0 Å². The lowest BCUT2D eigenvalue weighted by Crippen LogP contribution is -2.42. The summed E-state index contributed by atoms with van der Waals surface area (Å²) in [6.07, 6.45) is 3.06. The van der Waals surface area contributed by atoms with E-state index in [1.165, 1.54) is 0 Å². The van der Waals surface area contributed by atoms with Crippen molar-refractivity contribution in [1.82, 2.24) is 9.62 Å². The number of hydrogen-bond donors (Lipinski definition) is 1. The van der Waals surface area contributed by atoms with Gasteiger partial charge in [-0.05, 0) is 50.1 Å². The Balaban J connectivity index is 0.00000225. The topological polar surface area (TPSA) is 69.7 Å². The molecule has 0 aromatic heterocycles. The summed E-state index contributed by atoms with van der Waals surface area (Å²) in [5.74, 6) is 0.107. The highest BCUT2D eigenvalue weighted by atomic mass is 35.5. The quantitative estimate of drug-likeness (QED) is 0.810. The lowest BCUT2D eigenvalue weighted by atomic mass is 10.2. The highest BCUT2D eigenvalue weighted by Gasteiger charge is 2.32. The number of anilines is 1. The van der Waals surface area contributed by atoms with Gasteiger partial charge in [-0.25, -0.2) is 8.42 Å². The van der Waals surface area contributed by atoms with Crippen molar-refractivity contribution in [2.24, 2.45) is 0 Å². The molecule has 2 saturated heterocycles. The molecular weight excluding hydrogens is 362 g/mol. The second-order valence-electron chi connectivity index (χ2n) is 6.41. The fraction of sp³-hybridized carbons (Fsp3) is 0.588. The predicted molar refractivity (Wildman–Crippen MR) is 101 cm³/mol. The molecule has 2 fully saturated rings. The molecule has 1 amide bonds. The van der Waals surface area contributed by atoms with Crippen molar-refractivity contribution in [2.75, 3.05) is 31.1 Å². The van der Waals surface area contributed by atoms with Crippen molar-refractivity contribution in [3.05, 3.63) is 24.3 Å². The van der Waals surface area contributed by atoms with Crippen LogP contribution in [0.25, 0.3) is 0 Å². The molecule has 2 heterocycles. The summed E-state index contributed by atoms with van der Waals surface area (Å²) in [5.41, 5.74) is 0.779. The van der Waals surface area contributed by atoms with Gasteiger partial charge < -0.3 is 10.2 Å². The van der Waals surface area contributed by atoms with Gasteiger partial charge in [-0.3, -0.25) is 4.79 Å². The van der Waals surface area contributed by atoms with Gasteiger partial charge in [0.2, 0.25) is 15.9 Å². The Bertz CT molecular complexity index is 688. The summed E-state index contributed by atoms with van der Waals surface area (Å²) in [6, 6.07) is 6.76. The monoisotopic (exact) mass is 387 g/mol. The molecule has 8 heteroatoms. The molecule has 2 aliphatic heterocycles. The molecule has 3 rings (SSSR count). The van der Waals surface area contributed by atoms with Crippen LogP contribution < -0.4 is 10.2 Å². The van der Waals surface area contributed by atoms with Crippen LogP contribution in [0.5, 0.6) is 0 Å². The first kappa shape index (κ1) is 20.2. The standard InChI is InChI=1S/C17H25N3O3S.ClH/c1-2-11-20(15-9-10-18-13-15)24(22,23)16-7-5-14(6-8-16)19-12-3-4-17(19)21;/h5-8,15,18H,2-4,9-13H2,1H3;1H. The summed E-state index contributed by atoms with van der Waals surface area (Å²) in [6.45, 7) is 4.80. The number of carbonyl (C=O) groups excluding carboxylic acids is 1. The highest BCUT2D eigenvalue weighted by Crippen LogP contribution is 2.26. The van der Waals surface area contributed by atoms with Crippen LogP contribution in [-0.2, 0) is 14.8 Å². The van der Waals surface area contributed by atoms with Gasteiger partial charge in [0, 0.05) is 37.8 Å². The number of rotatable bonds is 6. The lowest BCUT2D eigenvalue weighted by molar-refractivity contribution is -0.117. The first-order valence-corrected chi connectivity index (χ1v) is 10.1. The molecule has 1 unspecified atom stereocenters. The van der Waals surface area contributed by atoms with Crippen LogP contribution in [0.4, 0.5) is 5.69 Å². The van der Waals surface area contributed by atoms with Crippen LogP contribution in [-0.4, -0.2) is 50.9 Å². The second kappa shape index (κ2) is 8.49. The molecular formula is C17H26ClN3O3S. The van der Waals surface area contributed by atoms with E-state index in [1.54, 1.807) is 33.5 Å². The number of nitrogens with one attached hydrogen (secondary N) is 1. The molecule has 140 valence electrons. The van der Waals surface area contributed by atoms with Crippen molar-refractivity contribution in [2.45, 2.75) is 43.5 Å². The Labute approximate surface area is 156 Å². The average molecular weight is 388 g/mol. The Morgan fingerprint density at radius 1 is 1.28 bits per heavy atom. The van der Waals surface area contributed by atoms with Crippen LogP contribution >= 0.6 is 12.4 Å². The van der Waals surface area contributed by atoms with E-state index in [2.05, 4.69) is 5.32 Å². The number of hydrogen-bond acceptors (Lipinski definition) is 4. The molecule has 6 nitrogen and oxygen atoms in total. The predicted octanol–water partition coefficient (Wildman–Crippen LogP) is 2.00. The summed E-state index contributed by atoms with van der Waals surface area (Å²) in [5, 5.41) is 3.24. The highest BCUT2D eigenvalue weighted by molar-refractivity contribution is 7.89. The van der Waals surface area contributed by atoms with Crippen molar-refractivity contribution >= 4 is 34.0 Å². The number of amides is 1. The molecule has 2 aliphatic rings. The summed E-state index contributed by atoms with van der Waals surface area (Å²) in [4.78, 5) is 13.8. The zero-order valence-corrected chi connectivity index (χ0v) is 16.1. The van der Waals surface area contributed by atoms with Gasteiger partial charge in [-0.2, -0.15) is 4.31 Å². The Hall–Kier alpha value is -1.15. The number of benzene rings is 1. The number of sulfonamides is 1. The molecule has 1 N–H and O–H groups in total. The molecule has 25 heavy (non-hydrogen) atoms. The smallest absolute Gasteiger partial charge is 0.243 e. The minimum atomic E-state index is -3.51. The van der Waals surface area contributed by atoms with Crippen molar-refractivity contribution < 1.29 is 13.2 Å². The van der Waals surface area contributed by atoms with Crippen LogP contribution in [0.2, 0.25) is 0 Å². The third-order valence-corrected chi connectivity index (χ3v) is 6.68. The van der Waals surface area contributed by atoms with Gasteiger partial charge >= 0.3 is 0 Å². The maximum atomic E-state index is 13.0. The maximum absolute atomic E-state index is 13.0. The van der Waals surface area contributed by atoms with Gasteiger partial charge in [0.15, 0.2) is 0 Å². The minimum absolute atomic E-state index is 0. The lowest BCUT2D eigenvalue weighted by Gasteiger charge is -2.27. The van der Waals surface area contributed by atoms with E-state index in [-0.39, 0.29) is 24.4 Å². The largest absolute Gasteiger partial charge is 0.315 e. The fourth-order valence-corrected chi connectivity index (χ4v) is 5.21. The first-order valence-electron chi connectivity index (χ1n) is 8.67. The fourth-order valence-electron chi connectivity index (χ4n) is 3.46. The van der Waals surface area contributed by atoms with Crippen molar-refractivity contribution in [3.63, 3.8) is 0 Å². The van der Waals surface area contributed by atoms with E-state index in [1.807, 2.05) is 6.92 Å². The number of carbonyl (C=O) groups is 1. The SMILES string of the molecule is CCCN(C1CCNC1)S(=O)(=O)c1ccc(N2CCCC2=O)cc1.Cl. The van der Waals surface area contributed by atoms with E-state index in [4.69, 9.17) is 0 Å². The van der Waals surface area contributed by atoms with E-state index in [9.17, 15) is 13.2 Å². The van der Waals surface area contributed by atoms with Crippen LogP contribution in [0.15, 0.2) is 29.2 Å². The minimum Gasteiger partial charge on any atom is -0.315 e. The van der Waals surface area contributed by atoms with Gasteiger partial charge in [-0.15, -0.1) is 12.4 Å². The molecule has 1 aromatic rings. The molecule has 0 saturated carbocycles. The van der Waals surface area contributed by atoms with Gasteiger partial charge in [0.1, 0.15) is 0 Å². The molecule has 1 atom stereocenters. The van der Waals surface area contributed by atoms with Gasteiger partial charge in [0.25, 0.3) is 0 Å². The maximum Gasteiger partial charge on any atom is 0.243 e. The van der Waals surface area contributed by atoms with Gasteiger partial charge in [0.05, 0.1) is 4.90 Å². The average Bonchev–Trinajstić information content (AvgIpc) is 3.24. The van der Waals surface area contributed by atoms with Gasteiger partial charge in [-0.1, -0.05) is 6.92 Å². The molecule has 0 spiro atoms. The Morgan fingerprint density at radius 2 is 2.00 bits per heavy atom. The first-order chi connectivity index (χ1) is 11.5. The second-order valence-corrected chi connectivity index (χ2v) is 8.30. The van der Waals surface area contributed by atoms with Crippen LogP contribution in [0, 0.1) is 0 Å². The Morgan fingerprint density at radius 3 is 2.52 bits per heavy atom. The van der Waals surface area contributed by atoms with Crippen LogP contribution in [0.1, 0.15) is 32.6 Å². The summed E-state index contributed by atoms with van der Waals surface area (Å²) in [7, 11) is -3.51. The zero-order valence-electron chi connectivity index (χ0n) is 14.5. The normalized spacial score (nSPS) is 21.0. The molecule has 1 aromatic carbocycles. The third kappa shape index (κ3) is 4.16. The van der Waals surface area contributed by atoms with E-state index in [0.717, 1.165) is 31.5 Å². The molecule has 0 aliphatic carbocycles. The molecule has 0 radical (unpaired) electrons. The number of nitrogens with zero attached hydrogens (tertiary/aromatic N) is 2. The number of halogens is 1. The molecule has 0 bridgehead atoms. The summed E-state index contributed by atoms with van der Waals surface area (Å²) < 4.78 is 27.7. The van der Waals surface area contributed by atoms with E-state index >= 15 is 0 Å². The van der Waals surface area contributed by atoms with Crippen molar-refractivity contribution in [1.29, 1.82) is 0 Å². The van der Waals surface area contributed by atoms with E-state index < -0.39 is 10.0 Å². The van der Waals surface area contributed by atoms with Crippen LogP contribution in [0.3, 0.4) is 0 Å².